The molecule has 0 rings (SSSR count). The summed E-state index contributed by atoms with van der Waals surface area (Å²) in [6, 6.07) is 0.236. The lowest BCUT2D eigenvalue weighted by Gasteiger charge is -2.24. The highest BCUT2D eigenvalue weighted by molar-refractivity contribution is 5.60. The van der Waals surface area contributed by atoms with E-state index < -0.39 is 0 Å². The molecular weight excluding hydrogens is 320 g/mol. The van der Waals surface area contributed by atoms with Crippen LogP contribution in [0.15, 0.2) is 48.3 Å². The summed E-state index contributed by atoms with van der Waals surface area (Å²) < 4.78 is 5.09. The molecule has 0 fully saturated rings. The zero-order chi connectivity index (χ0) is 21.4. The van der Waals surface area contributed by atoms with Crippen LogP contribution in [0.1, 0.15) is 75.7 Å². The predicted octanol–water partition coefficient (Wildman–Crippen LogP) is 7.08. The molecule has 0 aliphatic rings. The van der Waals surface area contributed by atoms with Crippen LogP contribution in [0.2, 0.25) is 0 Å². The Morgan fingerprint density at radius 1 is 1.00 bits per heavy atom. The minimum atomic E-state index is 0.123. The quantitative estimate of drug-likeness (QED) is 0.287. The molecule has 0 aromatic rings. The fourth-order valence-corrected chi connectivity index (χ4v) is 1.46. The SMILES string of the molecule is C/C=C/C=C\C(=C/C=C/C)OC.CC.CC.CCC(C=N)NC(C)(C)C. The minimum Gasteiger partial charge on any atom is -0.497 e. The molecule has 2 N–H and O–H groups in total. The molecule has 0 heterocycles. The van der Waals surface area contributed by atoms with Crippen LogP contribution in [0.5, 0.6) is 0 Å². The molecule has 0 amide bonds. The van der Waals surface area contributed by atoms with Crippen molar-refractivity contribution >= 4 is 6.21 Å². The second-order valence-corrected chi connectivity index (χ2v) is 5.76. The van der Waals surface area contributed by atoms with Crippen molar-refractivity contribution in [1.29, 1.82) is 5.41 Å². The van der Waals surface area contributed by atoms with E-state index in [1.807, 2.05) is 84.1 Å². The second-order valence-electron chi connectivity index (χ2n) is 5.76. The summed E-state index contributed by atoms with van der Waals surface area (Å²) >= 11 is 0. The van der Waals surface area contributed by atoms with Crippen LogP contribution in [0.4, 0.5) is 0 Å². The van der Waals surface area contributed by atoms with E-state index in [1.165, 1.54) is 6.21 Å². The lowest BCUT2D eigenvalue weighted by atomic mass is 10.1. The van der Waals surface area contributed by atoms with Gasteiger partial charge in [-0.25, -0.2) is 0 Å². The maximum Gasteiger partial charge on any atom is 0.118 e. The van der Waals surface area contributed by atoms with Crippen LogP contribution in [-0.2, 0) is 4.74 Å². The van der Waals surface area contributed by atoms with Crippen molar-refractivity contribution in [3.05, 3.63) is 48.3 Å². The highest BCUT2D eigenvalue weighted by atomic mass is 16.5. The Labute approximate surface area is 164 Å². The number of methoxy groups -OCH3 is 1. The topological polar surface area (TPSA) is 45.1 Å². The van der Waals surface area contributed by atoms with Gasteiger partial charge in [0.25, 0.3) is 0 Å². The molecule has 1 unspecified atom stereocenters. The van der Waals surface area contributed by atoms with Gasteiger partial charge in [-0.2, -0.15) is 0 Å². The van der Waals surface area contributed by atoms with E-state index in [-0.39, 0.29) is 11.6 Å². The molecule has 0 aromatic carbocycles. The van der Waals surface area contributed by atoms with Crippen molar-refractivity contribution in [3.63, 3.8) is 0 Å². The van der Waals surface area contributed by atoms with Gasteiger partial charge in [0.1, 0.15) is 5.76 Å². The fourth-order valence-electron chi connectivity index (χ4n) is 1.46. The smallest absolute Gasteiger partial charge is 0.118 e. The zero-order valence-electron chi connectivity index (χ0n) is 19.3. The summed E-state index contributed by atoms with van der Waals surface area (Å²) in [5.41, 5.74) is 0.123. The molecule has 0 spiro atoms. The number of nitrogens with one attached hydrogen (secondary N) is 2. The van der Waals surface area contributed by atoms with Crippen LogP contribution in [-0.4, -0.2) is 24.9 Å². The second kappa shape index (κ2) is 25.6. The molecule has 0 saturated heterocycles. The van der Waals surface area contributed by atoms with Crippen molar-refractivity contribution in [2.75, 3.05) is 7.11 Å². The molecule has 0 aliphatic heterocycles. The van der Waals surface area contributed by atoms with Crippen LogP contribution in [0, 0.1) is 5.41 Å². The summed E-state index contributed by atoms with van der Waals surface area (Å²) in [5, 5.41) is 10.4. The summed E-state index contributed by atoms with van der Waals surface area (Å²) in [6.07, 6.45) is 16.1. The van der Waals surface area contributed by atoms with Gasteiger partial charge in [0.2, 0.25) is 0 Å². The van der Waals surface area contributed by atoms with Gasteiger partial charge in [-0.15, -0.1) is 0 Å². The Balaban J connectivity index is -0.000000157. The normalized spacial score (nSPS) is 12.5. The number of rotatable bonds is 7. The van der Waals surface area contributed by atoms with Gasteiger partial charge in [0.15, 0.2) is 0 Å². The number of hydrogen-bond acceptors (Lipinski definition) is 3. The van der Waals surface area contributed by atoms with Crippen LogP contribution in [0.3, 0.4) is 0 Å². The van der Waals surface area contributed by atoms with Gasteiger partial charge < -0.3 is 15.5 Å². The maximum absolute atomic E-state index is 7.05. The molecule has 26 heavy (non-hydrogen) atoms. The van der Waals surface area contributed by atoms with E-state index in [2.05, 4.69) is 33.0 Å². The highest BCUT2D eigenvalue weighted by Crippen LogP contribution is 2.01. The third-order valence-electron chi connectivity index (χ3n) is 2.51. The molecule has 0 aliphatic carbocycles. The fraction of sp³-hybridized carbons (Fsp3) is 0.609. The molecule has 3 heteroatoms. The highest BCUT2D eigenvalue weighted by Gasteiger charge is 2.12. The van der Waals surface area contributed by atoms with Crippen molar-refractivity contribution in [1.82, 2.24) is 5.32 Å². The van der Waals surface area contributed by atoms with Gasteiger partial charge in [0, 0.05) is 17.8 Å². The molecule has 3 nitrogen and oxygen atoms in total. The predicted molar refractivity (Wildman–Crippen MR) is 122 cm³/mol. The minimum absolute atomic E-state index is 0.123. The zero-order valence-corrected chi connectivity index (χ0v) is 19.3. The summed E-state index contributed by atoms with van der Waals surface area (Å²) in [4.78, 5) is 0. The Bertz CT molecular complexity index is 386. The van der Waals surface area contributed by atoms with Crippen LogP contribution < -0.4 is 5.32 Å². The first-order valence-corrected chi connectivity index (χ1v) is 9.79. The molecule has 0 radical (unpaired) electrons. The molecular formula is C23H46N2O. The van der Waals surface area contributed by atoms with Gasteiger partial charge in [-0.05, 0) is 53.2 Å². The Hall–Kier alpha value is -1.61. The lowest BCUT2D eigenvalue weighted by molar-refractivity contribution is 0.307. The van der Waals surface area contributed by atoms with Crippen molar-refractivity contribution in [2.24, 2.45) is 0 Å². The van der Waals surface area contributed by atoms with Crippen LogP contribution in [0.25, 0.3) is 0 Å². The maximum atomic E-state index is 7.05. The van der Waals surface area contributed by atoms with E-state index in [0.29, 0.717) is 0 Å². The van der Waals surface area contributed by atoms with E-state index in [1.54, 1.807) is 7.11 Å². The lowest BCUT2D eigenvalue weighted by Crippen LogP contribution is -2.43. The first-order valence-electron chi connectivity index (χ1n) is 9.79. The Morgan fingerprint density at radius 2 is 1.50 bits per heavy atom. The van der Waals surface area contributed by atoms with Crippen molar-refractivity contribution < 1.29 is 4.74 Å². The standard InChI is InChI=1S/C11H16O.C8H18N2.2C2H6/c1-4-6-8-10-11(12-3)9-7-5-2;1-5-7(6-9)10-8(2,3)4;2*1-2/h4-10H,1-3H3;6-7,9-10H,5H2,1-4H3;2*1-2H3/b6-4+,7-5+,10-8-,11-9+;;;. The molecule has 154 valence electrons. The summed E-state index contributed by atoms with van der Waals surface area (Å²) in [5.74, 6) is 0.853. The largest absolute Gasteiger partial charge is 0.497 e. The first kappa shape index (κ1) is 32.1. The summed E-state index contributed by atoms with van der Waals surface area (Å²) in [7, 11) is 1.66. The first-order chi connectivity index (χ1) is 12.3. The van der Waals surface area contributed by atoms with E-state index in [0.717, 1.165) is 12.2 Å². The van der Waals surface area contributed by atoms with Gasteiger partial charge >= 0.3 is 0 Å². The molecule has 0 aromatic heterocycles. The average Bonchev–Trinajstić information content (AvgIpc) is 2.65. The van der Waals surface area contributed by atoms with E-state index >= 15 is 0 Å². The molecule has 0 bridgehead atoms. The van der Waals surface area contributed by atoms with Crippen molar-refractivity contribution in [2.45, 2.75) is 87.2 Å². The van der Waals surface area contributed by atoms with Crippen molar-refractivity contribution in [3.8, 4) is 0 Å². The van der Waals surface area contributed by atoms with E-state index in [4.69, 9.17) is 10.1 Å². The Kier molecular flexibility index (Phi) is 31.6. The number of allylic oxidation sites excluding steroid dienone is 7. The van der Waals surface area contributed by atoms with Crippen LogP contribution >= 0.6 is 0 Å². The van der Waals surface area contributed by atoms with Gasteiger partial charge in [-0.1, -0.05) is 65.0 Å². The third kappa shape index (κ3) is 30.3. The molecule has 0 saturated carbocycles. The monoisotopic (exact) mass is 366 g/mol. The Morgan fingerprint density at radius 3 is 1.77 bits per heavy atom. The van der Waals surface area contributed by atoms with E-state index in [9.17, 15) is 0 Å². The third-order valence-corrected chi connectivity index (χ3v) is 2.51. The van der Waals surface area contributed by atoms with Gasteiger partial charge in [-0.3, -0.25) is 0 Å². The number of hydrogen-bond donors (Lipinski definition) is 2. The average molecular weight is 367 g/mol. The molecule has 1 atom stereocenters. The number of ether oxygens (including phenoxy) is 1. The summed E-state index contributed by atoms with van der Waals surface area (Å²) in [6.45, 7) is 20.4. The van der Waals surface area contributed by atoms with Gasteiger partial charge in [0.05, 0.1) is 7.11 Å².